The molecule has 0 fully saturated rings. The Balaban J connectivity index is 1.70. The fourth-order valence-electron chi connectivity index (χ4n) is 2.08. The molecule has 7 heteroatoms. The van der Waals surface area contributed by atoms with E-state index in [-0.39, 0.29) is 11.9 Å². The molecule has 0 saturated carbocycles. The summed E-state index contributed by atoms with van der Waals surface area (Å²) in [5.41, 5.74) is 1.02. The van der Waals surface area contributed by atoms with Gasteiger partial charge in [0.25, 0.3) is 5.89 Å². The monoisotopic (exact) mass is 332 g/mol. The Morgan fingerprint density at radius 3 is 2.83 bits per heavy atom. The van der Waals surface area contributed by atoms with Crippen LogP contribution in [0.25, 0.3) is 10.8 Å². The molecule has 1 atom stereocenters. The van der Waals surface area contributed by atoms with Crippen LogP contribution >= 0.6 is 11.3 Å². The van der Waals surface area contributed by atoms with E-state index >= 15 is 0 Å². The number of nitrogens with one attached hydrogen (secondary N) is 1. The second-order valence-electron chi connectivity index (χ2n) is 5.33. The minimum Gasteiger partial charge on any atom is -0.333 e. The molecule has 5 nitrogen and oxygen atoms in total. The molecule has 1 unspecified atom stereocenters. The maximum atomic E-state index is 12.9. The van der Waals surface area contributed by atoms with Crippen LogP contribution in [0, 0.1) is 5.82 Å². The molecule has 2 aromatic heterocycles. The lowest BCUT2D eigenvalue weighted by atomic mass is 10.2. The quantitative estimate of drug-likeness (QED) is 0.751. The van der Waals surface area contributed by atoms with E-state index in [0.717, 1.165) is 15.4 Å². The second-order valence-corrected chi connectivity index (χ2v) is 6.45. The van der Waals surface area contributed by atoms with Crippen molar-refractivity contribution in [2.24, 2.45) is 0 Å². The van der Waals surface area contributed by atoms with Gasteiger partial charge in [-0.05, 0) is 31.7 Å². The van der Waals surface area contributed by atoms with Crippen LogP contribution in [0.4, 0.5) is 4.39 Å². The number of hydrogen-bond donors (Lipinski definition) is 1. The van der Waals surface area contributed by atoms with Crippen LogP contribution in [0.5, 0.6) is 0 Å². The Hall–Kier alpha value is -2.12. The number of likely N-dealkylation sites (N-methyl/N-ethyl adjacent to an activating group) is 1. The molecule has 0 aliphatic heterocycles. The van der Waals surface area contributed by atoms with Gasteiger partial charge in [-0.25, -0.2) is 9.37 Å². The van der Waals surface area contributed by atoms with Crippen LogP contribution in [0.2, 0.25) is 0 Å². The zero-order chi connectivity index (χ0) is 16.2. The number of rotatable bonds is 6. The molecule has 3 rings (SSSR count). The molecular formula is C16H17FN4OS. The fourth-order valence-corrected chi connectivity index (χ4v) is 2.95. The summed E-state index contributed by atoms with van der Waals surface area (Å²) in [6.07, 6.45) is 3.10. The first-order valence-electron chi connectivity index (χ1n) is 7.33. The van der Waals surface area contributed by atoms with Crippen molar-refractivity contribution in [3.8, 4) is 10.8 Å². The SMILES string of the molecule is CNC(C)Cc1noc(-c2cnc(Cc3ccc(F)cc3)s2)n1. The van der Waals surface area contributed by atoms with Crippen LogP contribution in [-0.2, 0) is 12.8 Å². The molecule has 2 heterocycles. The van der Waals surface area contributed by atoms with E-state index in [4.69, 9.17) is 4.52 Å². The summed E-state index contributed by atoms with van der Waals surface area (Å²) in [4.78, 5) is 9.63. The van der Waals surface area contributed by atoms with Gasteiger partial charge in [0, 0.05) is 18.9 Å². The summed E-state index contributed by atoms with van der Waals surface area (Å²) in [5.74, 6) is 0.934. The summed E-state index contributed by atoms with van der Waals surface area (Å²) < 4.78 is 18.2. The van der Waals surface area contributed by atoms with Crippen LogP contribution in [0.3, 0.4) is 0 Å². The van der Waals surface area contributed by atoms with Crippen molar-refractivity contribution in [1.82, 2.24) is 20.4 Å². The van der Waals surface area contributed by atoms with Crippen molar-refractivity contribution in [1.29, 1.82) is 0 Å². The standard InChI is InChI=1S/C16H17FN4OS/c1-10(18-2)7-14-20-16(22-21-14)13-9-19-15(23-13)8-11-3-5-12(17)6-4-11/h3-6,9-10,18H,7-8H2,1-2H3. The van der Waals surface area contributed by atoms with Crippen molar-refractivity contribution < 1.29 is 8.91 Å². The molecule has 0 bridgehead atoms. The molecule has 0 spiro atoms. The molecule has 23 heavy (non-hydrogen) atoms. The topological polar surface area (TPSA) is 63.8 Å². The highest BCUT2D eigenvalue weighted by Gasteiger charge is 2.14. The minimum atomic E-state index is -0.234. The summed E-state index contributed by atoms with van der Waals surface area (Å²) >= 11 is 1.51. The van der Waals surface area contributed by atoms with Gasteiger partial charge in [0.05, 0.1) is 11.2 Å². The predicted molar refractivity (Wildman–Crippen MR) is 86.8 cm³/mol. The Morgan fingerprint density at radius 2 is 2.09 bits per heavy atom. The van der Waals surface area contributed by atoms with E-state index in [2.05, 4.69) is 27.4 Å². The normalized spacial score (nSPS) is 12.5. The number of benzene rings is 1. The van der Waals surface area contributed by atoms with Crippen LogP contribution < -0.4 is 5.32 Å². The molecule has 0 saturated heterocycles. The van der Waals surface area contributed by atoms with Crippen molar-refractivity contribution >= 4 is 11.3 Å². The maximum Gasteiger partial charge on any atom is 0.269 e. The van der Waals surface area contributed by atoms with E-state index < -0.39 is 0 Å². The van der Waals surface area contributed by atoms with Gasteiger partial charge in [0.1, 0.15) is 10.7 Å². The zero-order valence-corrected chi connectivity index (χ0v) is 13.7. The van der Waals surface area contributed by atoms with Gasteiger partial charge in [-0.15, -0.1) is 11.3 Å². The first-order chi connectivity index (χ1) is 11.1. The lowest BCUT2D eigenvalue weighted by molar-refractivity contribution is 0.419. The molecule has 0 radical (unpaired) electrons. The van der Waals surface area contributed by atoms with Gasteiger partial charge in [-0.1, -0.05) is 17.3 Å². The van der Waals surface area contributed by atoms with E-state index in [9.17, 15) is 4.39 Å². The largest absolute Gasteiger partial charge is 0.333 e. The van der Waals surface area contributed by atoms with Crippen LogP contribution in [0.1, 0.15) is 23.3 Å². The second kappa shape index (κ2) is 6.97. The molecule has 0 aliphatic rings. The van der Waals surface area contributed by atoms with Gasteiger partial charge >= 0.3 is 0 Å². The zero-order valence-electron chi connectivity index (χ0n) is 12.9. The smallest absolute Gasteiger partial charge is 0.269 e. The van der Waals surface area contributed by atoms with Gasteiger partial charge in [0.2, 0.25) is 0 Å². The third-order valence-electron chi connectivity index (χ3n) is 3.48. The number of thiazole rings is 1. The highest BCUT2D eigenvalue weighted by molar-refractivity contribution is 7.15. The van der Waals surface area contributed by atoms with E-state index in [1.165, 1.54) is 23.5 Å². The lowest BCUT2D eigenvalue weighted by Crippen LogP contribution is -2.24. The molecule has 1 N–H and O–H groups in total. The fraction of sp³-hybridized carbons (Fsp3) is 0.312. The Bertz CT molecular complexity index is 768. The average molecular weight is 332 g/mol. The van der Waals surface area contributed by atoms with Crippen LogP contribution in [-0.4, -0.2) is 28.2 Å². The third kappa shape index (κ3) is 4.00. The highest BCUT2D eigenvalue weighted by Crippen LogP contribution is 2.26. The van der Waals surface area contributed by atoms with Crippen molar-refractivity contribution in [2.45, 2.75) is 25.8 Å². The predicted octanol–water partition coefficient (Wildman–Crippen LogP) is 3.07. The van der Waals surface area contributed by atoms with E-state index in [1.807, 2.05) is 7.05 Å². The first kappa shape index (κ1) is 15.8. The number of hydrogen-bond acceptors (Lipinski definition) is 6. The van der Waals surface area contributed by atoms with Gasteiger partial charge in [-0.2, -0.15) is 4.98 Å². The Kier molecular flexibility index (Phi) is 4.78. The van der Waals surface area contributed by atoms with E-state index in [0.29, 0.717) is 24.6 Å². The number of halogens is 1. The van der Waals surface area contributed by atoms with Crippen LogP contribution in [0.15, 0.2) is 35.0 Å². The highest BCUT2D eigenvalue weighted by atomic mass is 32.1. The molecule has 1 aromatic carbocycles. The Labute approximate surface area is 137 Å². The van der Waals surface area contributed by atoms with Crippen molar-refractivity contribution in [2.75, 3.05) is 7.05 Å². The average Bonchev–Trinajstić information content (AvgIpc) is 3.19. The van der Waals surface area contributed by atoms with Crippen molar-refractivity contribution in [3.63, 3.8) is 0 Å². The number of aromatic nitrogens is 3. The summed E-state index contributed by atoms with van der Waals surface area (Å²) in [5, 5.41) is 8.06. The molecule has 0 amide bonds. The summed E-state index contributed by atoms with van der Waals surface area (Å²) in [7, 11) is 1.90. The maximum absolute atomic E-state index is 12.9. The van der Waals surface area contributed by atoms with Crippen molar-refractivity contribution in [3.05, 3.63) is 52.7 Å². The first-order valence-corrected chi connectivity index (χ1v) is 8.15. The van der Waals surface area contributed by atoms with Gasteiger partial charge in [0.15, 0.2) is 5.82 Å². The minimum absolute atomic E-state index is 0.234. The summed E-state index contributed by atoms with van der Waals surface area (Å²) in [6, 6.07) is 6.73. The molecule has 0 aliphatic carbocycles. The third-order valence-corrected chi connectivity index (χ3v) is 4.47. The van der Waals surface area contributed by atoms with Gasteiger partial charge in [-0.3, -0.25) is 0 Å². The number of nitrogens with zero attached hydrogens (tertiary/aromatic N) is 3. The molecule has 3 aromatic rings. The van der Waals surface area contributed by atoms with Gasteiger partial charge < -0.3 is 9.84 Å². The summed E-state index contributed by atoms with van der Waals surface area (Å²) in [6.45, 7) is 2.06. The molecule has 120 valence electrons. The Morgan fingerprint density at radius 1 is 1.30 bits per heavy atom. The molecular weight excluding hydrogens is 315 g/mol. The van der Waals surface area contributed by atoms with E-state index in [1.54, 1.807) is 18.3 Å². The lowest BCUT2D eigenvalue weighted by Gasteiger charge is -2.04.